The molecule has 0 saturated carbocycles. The van der Waals surface area contributed by atoms with E-state index in [4.69, 9.17) is 9.72 Å². The topological polar surface area (TPSA) is 114 Å². The zero-order valence-electron chi connectivity index (χ0n) is 24.6. The number of benzene rings is 3. The monoisotopic (exact) mass is 619 g/mol. The van der Waals surface area contributed by atoms with Gasteiger partial charge in [0, 0.05) is 11.1 Å². The number of carbonyl (C=O) groups excluding carboxylic acids is 2. The van der Waals surface area contributed by atoms with Crippen LogP contribution in [0.5, 0.6) is 0 Å². The molecule has 3 aromatic carbocycles. The summed E-state index contributed by atoms with van der Waals surface area (Å²) in [5.41, 5.74) is 2.72. The molecule has 2 N–H and O–H groups in total. The number of hydrogen-bond donors (Lipinski definition) is 2. The molecular formula is C33H37N3O5S2. The van der Waals surface area contributed by atoms with E-state index in [2.05, 4.69) is 10.6 Å². The summed E-state index contributed by atoms with van der Waals surface area (Å²) < 4.78 is 33.5. The second-order valence-electron chi connectivity index (χ2n) is 11.0. The summed E-state index contributed by atoms with van der Waals surface area (Å²) in [7, 11) is -3.64. The lowest BCUT2D eigenvalue weighted by Gasteiger charge is -2.31. The molecule has 4 atom stereocenters. The number of rotatable bonds is 8. The Morgan fingerprint density at radius 3 is 2.49 bits per heavy atom. The second-order valence-corrected chi connectivity index (χ2v) is 14.4. The lowest BCUT2D eigenvalue weighted by Crippen LogP contribution is -2.46. The lowest BCUT2D eigenvalue weighted by atomic mass is 9.86. The van der Waals surface area contributed by atoms with E-state index in [0.29, 0.717) is 37.2 Å². The highest BCUT2D eigenvalue weighted by molar-refractivity contribution is 7.92. The van der Waals surface area contributed by atoms with Gasteiger partial charge < -0.3 is 15.4 Å². The number of aromatic nitrogens is 1. The van der Waals surface area contributed by atoms with E-state index >= 15 is 0 Å². The first-order valence-electron chi connectivity index (χ1n) is 14.7. The van der Waals surface area contributed by atoms with E-state index in [1.165, 1.54) is 12.1 Å². The number of carbonyl (C=O) groups is 2. The molecule has 0 bridgehead atoms. The highest BCUT2D eigenvalue weighted by Crippen LogP contribution is 2.35. The van der Waals surface area contributed by atoms with Crippen molar-refractivity contribution in [3.63, 3.8) is 0 Å². The molecule has 5 rings (SSSR count). The number of para-hydroxylation sites is 2. The Morgan fingerprint density at radius 1 is 1.02 bits per heavy atom. The number of amides is 1. The third kappa shape index (κ3) is 6.82. The fourth-order valence-corrected chi connectivity index (χ4v) is 8.38. The molecule has 4 aromatic rings. The highest BCUT2D eigenvalue weighted by Gasteiger charge is 2.35. The normalized spacial score (nSPS) is 20.1. The molecule has 43 heavy (non-hydrogen) atoms. The number of hydrogen-bond acceptors (Lipinski definition) is 8. The van der Waals surface area contributed by atoms with Gasteiger partial charge in [0.1, 0.15) is 11.0 Å². The predicted molar refractivity (Wildman–Crippen MR) is 171 cm³/mol. The zero-order chi connectivity index (χ0) is 30.6. The first kappa shape index (κ1) is 30.8. The first-order valence-corrected chi connectivity index (χ1v) is 17.1. The van der Waals surface area contributed by atoms with E-state index in [1.807, 2.05) is 55.5 Å². The molecule has 8 nitrogen and oxygen atoms in total. The molecule has 226 valence electrons. The number of sulfone groups is 1. The third-order valence-corrected chi connectivity index (χ3v) is 11.6. The Bertz CT molecular complexity index is 1670. The van der Waals surface area contributed by atoms with Crippen LogP contribution < -0.4 is 10.6 Å². The van der Waals surface area contributed by atoms with E-state index in [9.17, 15) is 18.0 Å². The molecule has 0 aliphatic carbocycles. The SMILES string of the molecule is CCOC(=O)C1NCCC(C(C)S(=O)(=O)c2ccc(C(=O)Nc3ccccc3-c3nc4ccccc4s3)cc2)CCC1C. The van der Waals surface area contributed by atoms with Gasteiger partial charge in [-0.1, -0.05) is 31.2 Å². The standard InChI is InChI=1S/C33H37N3O5S2/c1-4-41-33(38)30-21(2)13-14-23(19-20-34-30)22(3)43(39,40)25-17-15-24(16-18-25)31(37)35-27-10-6-5-9-26(27)32-36-28-11-7-8-12-29(28)42-32/h5-12,15-18,21-23,30,34H,4,13-14,19-20H2,1-3H3,(H,35,37). The van der Waals surface area contributed by atoms with Crippen LogP contribution in [0.4, 0.5) is 5.69 Å². The summed E-state index contributed by atoms with van der Waals surface area (Å²) in [6, 6.07) is 21.2. The van der Waals surface area contributed by atoms with Gasteiger partial charge in [-0.05, 0) is 100 Å². The van der Waals surface area contributed by atoms with Crippen molar-refractivity contribution in [2.45, 2.75) is 56.2 Å². The van der Waals surface area contributed by atoms with Gasteiger partial charge in [0.2, 0.25) is 0 Å². The van der Waals surface area contributed by atoms with Crippen molar-refractivity contribution in [1.82, 2.24) is 10.3 Å². The van der Waals surface area contributed by atoms with Gasteiger partial charge in [-0.25, -0.2) is 13.4 Å². The van der Waals surface area contributed by atoms with Crippen molar-refractivity contribution < 1.29 is 22.7 Å². The zero-order valence-corrected chi connectivity index (χ0v) is 26.2. The molecule has 2 heterocycles. The number of fused-ring (bicyclic) bond motifs is 1. The summed E-state index contributed by atoms with van der Waals surface area (Å²) in [5.74, 6) is -0.611. The van der Waals surface area contributed by atoms with Crippen LogP contribution in [-0.4, -0.2) is 49.7 Å². The fourth-order valence-electron chi connectivity index (χ4n) is 5.65. The summed E-state index contributed by atoms with van der Waals surface area (Å²) in [5, 5.41) is 6.45. The molecule has 10 heteroatoms. The van der Waals surface area contributed by atoms with Crippen molar-refractivity contribution in [1.29, 1.82) is 0 Å². The van der Waals surface area contributed by atoms with Crippen molar-refractivity contribution in [3.05, 3.63) is 78.4 Å². The van der Waals surface area contributed by atoms with Gasteiger partial charge in [-0.15, -0.1) is 11.3 Å². The Labute approximate surface area is 256 Å². The molecule has 1 aromatic heterocycles. The van der Waals surface area contributed by atoms with Gasteiger partial charge in [0.05, 0.1) is 32.7 Å². The van der Waals surface area contributed by atoms with Crippen LogP contribution >= 0.6 is 11.3 Å². The first-order chi connectivity index (χ1) is 20.7. The number of esters is 1. The van der Waals surface area contributed by atoms with Gasteiger partial charge in [-0.2, -0.15) is 0 Å². The van der Waals surface area contributed by atoms with Crippen molar-refractivity contribution in [2.24, 2.45) is 11.8 Å². The molecule has 0 radical (unpaired) electrons. The average Bonchev–Trinajstić information content (AvgIpc) is 3.44. The molecule has 1 aliphatic heterocycles. The number of anilines is 1. The average molecular weight is 620 g/mol. The third-order valence-electron chi connectivity index (χ3n) is 8.28. The summed E-state index contributed by atoms with van der Waals surface area (Å²) in [4.78, 5) is 30.4. The molecule has 0 spiro atoms. The van der Waals surface area contributed by atoms with Crippen molar-refractivity contribution in [3.8, 4) is 10.6 Å². The molecular weight excluding hydrogens is 583 g/mol. The second kappa shape index (κ2) is 13.4. The molecule has 4 unspecified atom stereocenters. The van der Waals surface area contributed by atoms with E-state index in [0.717, 1.165) is 27.2 Å². The van der Waals surface area contributed by atoms with E-state index < -0.39 is 15.1 Å². The minimum atomic E-state index is -3.64. The van der Waals surface area contributed by atoms with Crippen LogP contribution in [-0.2, 0) is 19.4 Å². The molecule has 1 amide bonds. The Morgan fingerprint density at radius 2 is 1.74 bits per heavy atom. The Balaban J connectivity index is 1.26. The van der Waals surface area contributed by atoms with Crippen LogP contribution in [0.2, 0.25) is 0 Å². The largest absolute Gasteiger partial charge is 0.465 e. The maximum Gasteiger partial charge on any atom is 0.323 e. The number of nitrogens with zero attached hydrogens (tertiary/aromatic N) is 1. The van der Waals surface area contributed by atoms with Gasteiger partial charge >= 0.3 is 5.97 Å². The van der Waals surface area contributed by atoms with Gasteiger partial charge in [0.15, 0.2) is 9.84 Å². The van der Waals surface area contributed by atoms with E-state index in [1.54, 1.807) is 37.3 Å². The lowest BCUT2D eigenvalue weighted by molar-refractivity contribution is -0.147. The Kier molecular flexibility index (Phi) is 9.59. The smallest absolute Gasteiger partial charge is 0.323 e. The number of ether oxygens (including phenoxy) is 1. The minimum absolute atomic E-state index is 0.0364. The summed E-state index contributed by atoms with van der Waals surface area (Å²) >= 11 is 1.56. The van der Waals surface area contributed by atoms with Crippen LogP contribution in [0.25, 0.3) is 20.8 Å². The highest BCUT2D eigenvalue weighted by atomic mass is 32.2. The summed E-state index contributed by atoms with van der Waals surface area (Å²) in [6.07, 6.45) is 2.06. The summed E-state index contributed by atoms with van der Waals surface area (Å²) in [6.45, 7) is 6.42. The molecule has 1 saturated heterocycles. The van der Waals surface area contributed by atoms with Crippen LogP contribution in [0.1, 0.15) is 50.4 Å². The van der Waals surface area contributed by atoms with Crippen LogP contribution in [0.3, 0.4) is 0 Å². The minimum Gasteiger partial charge on any atom is -0.465 e. The fraction of sp³-hybridized carbons (Fsp3) is 0.364. The Hall–Kier alpha value is -3.60. The van der Waals surface area contributed by atoms with Crippen LogP contribution in [0.15, 0.2) is 77.7 Å². The number of thiazole rings is 1. The number of nitrogens with one attached hydrogen (secondary N) is 2. The maximum atomic E-state index is 13.6. The molecule has 1 aliphatic rings. The predicted octanol–water partition coefficient (Wildman–Crippen LogP) is 6.34. The maximum absolute atomic E-state index is 13.6. The quantitative estimate of drug-likeness (QED) is 0.221. The van der Waals surface area contributed by atoms with Crippen molar-refractivity contribution >= 4 is 49.0 Å². The van der Waals surface area contributed by atoms with Gasteiger partial charge in [-0.3, -0.25) is 9.59 Å². The van der Waals surface area contributed by atoms with E-state index in [-0.39, 0.29) is 34.6 Å². The van der Waals surface area contributed by atoms with Crippen LogP contribution in [0, 0.1) is 11.8 Å². The van der Waals surface area contributed by atoms with Gasteiger partial charge in [0.25, 0.3) is 5.91 Å². The van der Waals surface area contributed by atoms with Crippen molar-refractivity contribution in [2.75, 3.05) is 18.5 Å². The molecule has 1 fully saturated rings.